The Morgan fingerprint density at radius 3 is 2.18 bits per heavy atom. The van der Waals surface area contributed by atoms with E-state index in [0.29, 0.717) is 28.5 Å². The Bertz CT molecular complexity index is 1210. The average molecular weight is 444 g/mol. The molecule has 0 atom stereocenters. The van der Waals surface area contributed by atoms with Crippen LogP contribution in [0.4, 0.5) is 17.1 Å². The number of nitrogens with zero attached hydrogens (tertiary/aromatic N) is 2. The lowest BCUT2D eigenvalue weighted by molar-refractivity contribution is 0.102. The lowest BCUT2D eigenvalue weighted by Gasteiger charge is -2.15. The summed E-state index contributed by atoms with van der Waals surface area (Å²) in [4.78, 5) is 17.0. The number of anilines is 3. The first-order valence-electron chi connectivity index (χ1n) is 10.2. The Hall–Kier alpha value is -4.46. The van der Waals surface area contributed by atoms with Gasteiger partial charge in [0, 0.05) is 52.8 Å². The summed E-state index contributed by atoms with van der Waals surface area (Å²) in [5, 5.41) is 6.21. The van der Waals surface area contributed by atoms with E-state index in [-0.39, 0.29) is 5.91 Å². The van der Waals surface area contributed by atoms with Gasteiger partial charge in [-0.3, -0.25) is 4.79 Å². The van der Waals surface area contributed by atoms with Crippen molar-refractivity contribution in [1.82, 2.24) is 9.55 Å². The quantitative estimate of drug-likeness (QED) is 0.402. The van der Waals surface area contributed by atoms with Crippen LogP contribution in [0.5, 0.6) is 17.2 Å². The third-order valence-corrected chi connectivity index (χ3v) is 5.01. The van der Waals surface area contributed by atoms with Crippen molar-refractivity contribution in [1.29, 1.82) is 0 Å². The summed E-state index contributed by atoms with van der Waals surface area (Å²) in [6.07, 6.45) is 5.37. The van der Waals surface area contributed by atoms with Crippen molar-refractivity contribution in [2.45, 2.75) is 0 Å². The molecule has 0 unspecified atom stereocenters. The maximum absolute atomic E-state index is 12.9. The van der Waals surface area contributed by atoms with Crippen LogP contribution in [0, 0.1) is 0 Å². The number of nitrogens with one attached hydrogen (secondary N) is 2. The zero-order valence-corrected chi connectivity index (χ0v) is 18.5. The number of rotatable bonds is 8. The molecule has 0 fully saturated rings. The van der Waals surface area contributed by atoms with Gasteiger partial charge in [-0.05, 0) is 42.5 Å². The molecule has 0 aliphatic carbocycles. The van der Waals surface area contributed by atoms with Crippen molar-refractivity contribution in [3.63, 3.8) is 0 Å². The highest BCUT2D eigenvalue weighted by Gasteiger charge is 2.15. The minimum Gasteiger partial charge on any atom is -0.493 e. The van der Waals surface area contributed by atoms with E-state index in [1.54, 1.807) is 36.8 Å². The largest absolute Gasteiger partial charge is 0.493 e. The third kappa shape index (κ3) is 4.90. The summed E-state index contributed by atoms with van der Waals surface area (Å²) in [7, 11) is 4.59. The van der Waals surface area contributed by atoms with E-state index >= 15 is 0 Å². The van der Waals surface area contributed by atoms with Crippen LogP contribution >= 0.6 is 0 Å². The van der Waals surface area contributed by atoms with Gasteiger partial charge in [0.2, 0.25) is 5.75 Å². The number of amides is 1. The Balaban J connectivity index is 1.49. The standard InChI is InChI=1S/C25H24N4O4/c1-31-22-14-20(15-23(32-2)24(22)33-3)28-25(30)17-5-4-6-19(13-17)27-18-7-9-21(10-8-18)29-12-11-26-16-29/h4-16,27H,1-3H3,(H,28,30). The van der Waals surface area contributed by atoms with Crippen LogP contribution in [-0.4, -0.2) is 36.8 Å². The van der Waals surface area contributed by atoms with E-state index in [1.807, 2.05) is 47.2 Å². The summed E-state index contributed by atoms with van der Waals surface area (Å²) >= 11 is 0. The Kier molecular flexibility index (Phi) is 6.45. The lowest BCUT2D eigenvalue weighted by Crippen LogP contribution is -2.12. The molecular formula is C25H24N4O4. The summed E-state index contributed by atoms with van der Waals surface area (Å²) in [6, 6.07) is 18.6. The van der Waals surface area contributed by atoms with Gasteiger partial charge in [-0.15, -0.1) is 0 Å². The molecule has 1 amide bonds. The minimum atomic E-state index is -0.261. The van der Waals surface area contributed by atoms with E-state index in [1.165, 1.54) is 21.3 Å². The number of methoxy groups -OCH3 is 3. The molecule has 0 aliphatic rings. The van der Waals surface area contributed by atoms with Crippen LogP contribution < -0.4 is 24.8 Å². The van der Waals surface area contributed by atoms with Gasteiger partial charge in [0.25, 0.3) is 5.91 Å². The molecule has 4 rings (SSSR count). The molecule has 3 aromatic carbocycles. The molecule has 4 aromatic rings. The molecule has 2 N–H and O–H groups in total. The number of ether oxygens (including phenoxy) is 3. The normalized spacial score (nSPS) is 10.4. The molecule has 168 valence electrons. The van der Waals surface area contributed by atoms with Crippen LogP contribution in [0.3, 0.4) is 0 Å². The molecule has 1 heterocycles. The highest BCUT2D eigenvalue weighted by atomic mass is 16.5. The topological polar surface area (TPSA) is 86.6 Å². The monoisotopic (exact) mass is 444 g/mol. The van der Waals surface area contributed by atoms with Crippen molar-refractivity contribution in [2.75, 3.05) is 32.0 Å². The molecule has 1 aromatic heterocycles. The van der Waals surface area contributed by atoms with Gasteiger partial charge in [0.15, 0.2) is 11.5 Å². The smallest absolute Gasteiger partial charge is 0.255 e. The fraction of sp³-hybridized carbons (Fsp3) is 0.120. The zero-order valence-electron chi connectivity index (χ0n) is 18.5. The first-order valence-corrected chi connectivity index (χ1v) is 10.2. The number of carbonyl (C=O) groups excluding carboxylic acids is 1. The zero-order chi connectivity index (χ0) is 23.2. The van der Waals surface area contributed by atoms with E-state index in [0.717, 1.165) is 17.1 Å². The number of imidazole rings is 1. The first-order chi connectivity index (χ1) is 16.1. The molecule has 0 bridgehead atoms. The minimum absolute atomic E-state index is 0.261. The highest BCUT2D eigenvalue weighted by molar-refractivity contribution is 6.05. The van der Waals surface area contributed by atoms with Gasteiger partial charge >= 0.3 is 0 Å². The third-order valence-electron chi connectivity index (χ3n) is 5.01. The summed E-state index contributed by atoms with van der Waals surface area (Å²) in [5.41, 5.74) is 3.74. The van der Waals surface area contributed by atoms with Gasteiger partial charge < -0.3 is 29.4 Å². The maximum Gasteiger partial charge on any atom is 0.255 e. The van der Waals surface area contributed by atoms with Gasteiger partial charge in [0.05, 0.1) is 27.7 Å². The molecule has 33 heavy (non-hydrogen) atoms. The number of hydrogen-bond donors (Lipinski definition) is 2. The van der Waals surface area contributed by atoms with Crippen LogP contribution in [0.15, 0.2) is 79.4 Å². The van der Waals surface area contributed by atoms with Crippen LogP contribution in [0.25, 0.3) is 5.69 Å². The number of benzene rings is 3. The first kappa shape index (κ1) is 21.8. The second-order valence-electron chi connectivity index (χ2n) is 7.09. The number of aromatic nitrogens is 2. The molecule has 0 aliphatic heterocycles. The fourth-order valence-electron chi connectivity index (χ4n) is 3.39. The molecule has 0 saturated heterocycles. The Morgan fingerprint density at radius 2 is 1.58 bits per heavy atom. The fourth-order valence-corrected chi connectivity index (χ4v) is 3.39. The van der Waals surface area contributed by atoms with Gasteiger partial charge in [-0.1, -0.05) is 6.07 Å². The molecule has 8 heteroatoms. The van der Waals surface area contributed by atoms with Crippen LogP contribution in [0.2, 0.25) is 0 Å². The second-order valence-corrected chi connectivity index (χ2v) is 7.09. The van der Waals surface area contributed by atoms with E-state index in [2.05, 4.69) is 15.6 Å². The molecule has 0 radical (unpaired) electrons. The molecule has 0 saturated carbocycles. The Morgan fingerprint density at radius 1 is 0.848 bits per heavy atom. The number of hydrogen-bond acceptors (Lipinski definition) is 6. The predicted molar refractivity (Wildman–Crippen MR) is 127 cm³/mol. The van der Waals surface area contributed by atoms with Crippen molar-refractivity contribution in [2.24, 2.45) is 0 Å². The van der Waals surface area contributed by atoms with E-state index in [9.17, 15) is 4.79 Å². The van der Waals surface area contributed by atoms with E-state index in [4.69, 9.17) is 14.2 Å². The molecule has 0 spiro atoms. The lowest BCUT2D eigenvalue weighted by atomic mass is 10.1. The second kappa shape index (κ2) is 9.78. The van der Waals surface area contributed by atoms with Crippen molar-refractivity contribution in [3.8, 4) is 22.9 Å². The number of carbonyl (C=O) groups is 1. The van der Waals surface area contributed by atoms with Crippen molar-refractivity contribution >= 4 is 23.0 Å². The summed E-state index contributed by atoms with van der Waals surface area (Å²) < 4.78 is 18.0. The van der Waals surface area contributed by atoms with Crippen LogP contribution in [-0.2, 0) is 0 Å². The van der Waals surface area contributed by atoms with Crippen molar-refractivity contribution in [3.05, 3.63) is 84.9 Å². The highest BCUT2D eigenvalue weighted by Crippen LogP contribution is 2.40. The van der Waals surface area contributed by atoms with Gasteiger partial charge in [0.1, 0.15) is 0 Å². The SMILES string of the molecule is COc1cc(NC(=O)c2cccc(Nc3ccc(-n4ccnc4)cc3)c2)cc(OC)c1OC. The summed E-state index contributed by atoms with van der Waals surface area (Å²) in [5.74, 6) is 1.12. The molecule has 8 nitrogen and oxygen atoms in total. The average Bonchev–Trinajstić information content (AvgIpc) is 3.39. The van der Waals surface area contributed by atoms with Crippen LogP contribution in [0.1, 0.15) is 10.4 Å². The maximum atomic E-state index is 12.9. The Labute approximate surface area is 191 Å². The molecular weight excluding hydrogens is 420 g/mol. The predicted octanol–water partition coefficient (Wildman–Crippen LogP) is 4.89. The van der Waals surface area contributed by atoms with Gasteiger partial charge in [-0.2, -0.15) is 0 Å². The van der Waals surface area contributed by atoms with Gasteiger partial charge in [-0.25, -0.2) is 4.98 Å². The summed E-state index contributed by atoms with van der Waals surface area (Å²) in [6.45, 7) is 0. The van der Waals surface area contributed by atoms with E-state index < -0.39 is 0 Å². The van der Waals surface area contributed by atoms with Crippen molar-refractivity contribution < 1.29 is 19.0 Å².